The summed E-state index contributed by atoms with van der Waals surface area (Å²) >= 11 is 0. The molecule has 194 valence electrons. The topological polar surface area (TPSA) is 52.9 Å². The van der Waals surface area contributed by atoms with Gasteiger partial charge < -0.3 is 19.8 Å². The van der Waals surface area contributed by atoms with Crippen LogP contribution in [0.25, 0.3) is 0 Å². The van der Waals surface area contributed by atoms with Crippen molar-refractivity contribution in [2.24, 2.45) is 11.8 Å². The smallest absolute Gasteiger partial charge is 0.405 e. The summed E-state index contributed by atoms with van der Waals surface area (Å²) in [5.74, 6) is -0.0390. The molecule has 0 radical (unpaired) electrons. The molecule has 0 amide bonds. The maximum atomic E-state index is 13.5. The van der Waals surface area contributed by atoms with Crippen LogP contribution in [0.4, 0.5) is 23.2 Å². The molecule has 4 atom stereocenters. The highest BCUT2D eigenvalue weighted by molar-refractivity contribution is 5.55. The van der Waals surface area contributed by atoms with Gasteiger partial charge in [0.15, 0.2) is 0 Å². The van der Waals surface area contributed by atoms with Crippen LogP contribution >= 0.6 is 0 Å². The Morgan fingerprint density at radius 1 is 1.03 bits per heavy atom. The fraction of sp³-hybridized carbons (Fsp3) is 0.556. The normalized spacial score (nSPS) is 21.4. The van der Waals surface area contributed by atoms with E-state index in [1.807, 2.05) is 0 Å². The van der Waals surface area contributed by atoms with Gasteiger partial charge in [-0.05, 0) is 86.8 Å². The van der Waals surface area contributed by atoms with Crippen molar-refractivity contribution >= 4 is 5.69 Å². The van der Waals surface area contributed by atoms with Gasteiger partial charge in [0.2, 0.25) is 0 Å². The highest BCUT2D eigenvalue weighted by Gasteiger charge is 2.38. The maximum Gasteiger partial charge on any atom is 0.405 e. The van der Waals surface area contributed by atoms with Gasteiger partial charge in [-0.25, -0.2) is 4.39 Å². The summed E-state index contributed by atoms with van der Waals surface area (Å²) in [6.07, 6.45) is -2.15. The van der Waals surface area contributed by atoms with Crippen molar-refractivity contribution in [3.63, 3.8) is 0 Å². The first-order valence-electron chi connectivity index (χ1n) is 12.1. The predicted molar refractivity (Wildman–Crippen MR) is 128 cm³/mol. The SMILES string of the molecule is COc1ccc(N(CC(F)(F)F)C(C)C)cc1C(CO)CC1CCC(CO)[C@H]1c1ccc(F)cc1. The summed E-state index contributed by atoms with van der Waals surface area (Å²) in [6.45, 7) is 2.16. The molecular formula is C27H35F4NO3. The van der Waals surface area contributed by atoms with Gasteiger partial charge in [0.1, 0.15) is 18.1 Å². The molecular weight excluding hydrogens is 462 g/mol. The molecule has 0 aromatic heterocycles. The first kappa shape index (κ1) is 27.3. The van der Waals surface area contributed by atoms with Crippen molar-refractivity contribution < 1.29 is 32.5 Å². The number of ether oxygens (including phenoxy) is 1. The first-order valence-corrected chi connectivity index (χ1v) is 12.1. The van der Waals surface area contributed by atoms with E-state index in [9.17, 15) is 27.8 Å². The number of aliphatic hydroxyl groups is 2. The second-order valence-corrected chi connectivity index (χ2v) is 9.74. The lowest BCUT2D eigenvalue weighted by Crippen LogP contribution is -2.39. The van der Waals surface area contributed by atoms with E-state index < -0.39 is 12.7 Å². The Hall–Kier alpha value is -2.32. The summed E-state index contributed by atoms with van der Waals surface area (Å²) in [6, 6.07) is 10.9. The Morgan fingerprint density at radius 3 is 2.23 bits per heavy atom. The number of aliphatic hydroxyl groups excluding tert-OH is 2. The van der Waals surface area contributed by atoms with E-state index in [2.05, 4.69) is 0 Å². The van der Waals surface area contributed by atoms with Gasteiger partial charge in [-0.1, -0.05) is 12.1 Å². The van der Waals surface area contributed by atoms with Gasteiger partial charge in [-0.2, -0.15) is 13.2 Å². The largest absolute Gasteiger partial charge is 0.496 e. The number of halogens is 4. The molecule has 0 heterocycles. The molecule has 2 aromatic rings. The minimum Gasteiger partial charge on any atom is -0.496 e. The number of methoxy groups -OCH3 is 1. The number of nitrogens with zero attached hydrogens (tertiary/aromatic N) is 1. The number of hydrogen-bond donors (Lipinski definition) is 2. The Bertz CT molecular complexity index is 948. The van der Waals surface area contributed by atoms with Gasteiger partial charge in [0, 0.05) is 29.8 Å². The van der Waals surface area contributed by atoms with Gasteiger partial charge in [0.05, 0.1) is 13.7 Å². The zero-order chi connectivity index (χ0) is 25.8. The summed E-state index contributed by atoms with van der Waals surface area (Å²) in [5, 5.41) is 20.3. The summed E-state index contributed by atoms with van der Waals surface area (Å²) in [4.78, 5) is 1.29. The average Bonchev–Trinajstić information content (AvgIpc) is 3.23. The fourth-order valence-corrected chi connectivity index (χ4v) is 5.52. The van der Waals surface area contributed by atoms with Crippen LogP contribution in [0.5, 0.6) is 5.75 Å². The molecule has 8 heteroatoms. The molecule has 3 unspecified atom stereocenters. The van der Waals surface area contributed by atoms with E-state index in [1.54, 1.807) is 44.2 Å². The summed E-state index contributed by atoms with van der Waals surface area (Å²) < 4.78 is 58.8. The van der Waals surface area contributed by atoms with Crippen LogP contribution in [0, 0.1) is 17.7 Å². The number of rotatable bonds is 10. The second kappa shape index (κ2) is 11.6. The number of alkyl halides is 3. The van der Waals surface area contributed by atoms with E-state index in [0.29, 0.717) is 23.4 Å². The van der Waals surface area contributed by atoms with Gasteiger partial charge in [-0.3, -0.25) is 0 Å². The molecule has 2 N–H and O–H groups in total. The number of anilines is 1. The third-order valence-electron chi connectivity index (χ3n) is 7.18. The fourth-order valence-electron chi connectivity index (χ4n) is 5.52. The molecule has 1 saturated carbocycles. The van der Waals surface area contributed by atoms with E-state index >= 15 is 0 Å². The Balaban J connectivity index is 1.93. The molecule has 2 aromatic carbocycles. The highest BCUT2D eigenvalue weighted by Crippen LogP contribution is 2.48. The standard InChI is InChI=1S/C27H35F4NO3/c1-17(2)32(16-27(29,30)31)23-10-11-25(35-3)24(13-23)21(15-34)12-19-4-5-20(14-33)26(19)18-6-8-22(28)9-7-18/h6-11,13,17,19-21,26,33-34H,4-5,12,14-16H2,1-3H3/t19?,20?,21?,26-/m0/s1. The first-order chi connectivity index (χ1) is 16.6. The van der Waals surface area contributed by atoms with Gasteiger partial charge in [-0.15, -0.1) is 0 Å². The van der Waals surface area contributed by atoms with Crippen LogP contribution < -0.4 is 9.64 Å². The molecule has 1 aliphatic rings. The summed E-state index contributed by atoms with van der Waals surface area (Å²) in [5.41, 5.74) is 2.02. The van der Waals surface area contributed by atoms with Crippen molar-refractivity contribution in [1.82, 2.24) is 0 Å². The molecule has 3 rings (SSSR count). The predicted octanol–water partition coefficient (Wildman–Crippen LogP) is 5.88. The van der Waals surface area contributed by atoms with Crippen LogP contribution in [0.15, 0.2) is 42.5 Å². The van der Waals surface area contributed by atoms with E-state index in [4.69, 9.17) is 4.74 Å². The van der Waals surface area contributed by atoms with E-state index in [-0.39, 0.29) is 48.7 Å². The van der Waals surface area contributed by atoms with Crippen molar-refractivity contribution in [1.29, 1.82) is 0 Å². The van der Waals surface area contributed by atoms with Crippen LogP contribution in [0.2, 0.25) is 0 Å². The van der Waals surface area contributed by atoms with Crippen molar-refractivity contribution in [3.8, 4) is 5.75 Å². The van der Waals surface area contributed by atoms with E-state index in [1.165, 1.54) is 24.1 Å². The van der Waals surface area contributed by atoms with Crippen LogP contribution in [0.3, 0.4) is 0 Å². The quantitative estimate of drug-likeness (QED) is 0.403. The van der Waals surface area contributed by atoms with Crippen molar-refractivity contribution in [2.45, 2.75) is 57.2 Å². The Kier molecular flexibility index (Phi) is 9.05. The van der Waals surface area contributed by atoms with Crippen LogP contribution in [-0.4, -0.2) is 49.3 Å². The zero-order valence-corrected chi connectivity index (χ0v) is 20.4. The monoisotopic (exact) mass is 497 g/mol. The van der Waals surface area contributed by atoms with Crippen LogP contribution in [-0.2, 0) is 0 Å². The molecule has 0 saturated heterocycles. The minimum atomic E-state index is -4.35. The average molecular weight is 498 g/mol. The van der Waals surface area contributed by atoms with Crippen molar-refractivity contribution in [2.75, 3.05) is 31.8 Å². The van der Waals surface area contributed by atoms with Crippen molar-refractivity contribution in [3.05, 3.63) is 59.4 Å². The minimum absolute atomic E-state index is 0.00113. The lowest BCUT2D eigenvalue weighted by Gasteiger charge is -2.32. The lowest BCUT2D eigenvalue weighted by molar-refractivity contribution is -0.120. The molecule has 35 heavy (non-hydrogen) atoms. The lowest BCUT2D eigenvalue weighted by atomic mass is 9.78. The van der Waals surface area contributed by atoms with Gasteiger partial charge >= 0.3 is 6.18 Å². The second-order valence-electron chi connectivity index (χ2n) is 9.74. The number of benzene rings is 2. The molecule has 0 aliphatic heterocycles. The van der Waals surface area contributed by atoms with E-state index in [0.717, 1.165) is 18.4 Å². The third kappa shape index (κ3) is 6.67. The maximum absolute atomic E-state index is 13.5. The summed E-state index contributed by atoms with van der Waals surface area (Å²) in [7, 11) is 1.50. The third-order valence-corrected chi connectivity index (χ3v) is 7.18. The number of hydrogen-bond acceptors (Lipinski definition) is 4. The van der Waals surface area contributed by atoms with Gasteiger partial charge in [0.25, 0.3) is 0 Å². The Morgan fingerprint density at radius 2 is 1.69 bits per heavy atom. The zero-order valence-electron chi connectivity index (χ0n) is 20.4. The Labute approximate surface area is 204 Å². The van der Waals surface area contributed by atoms with Crippen LogP contribution in [0.1, 0.15) is 56.1 Å². The molecule has 1 aliphatic carbocycles. The molecule has 0 spiro atoms. The molecule has 0 bridgehead atoms. The highest BCUT2D eigenvalue weighted by atomic mass is 19.4. The molecule has 1 fully saturated rings. The molecule has 4 nitrogen and oxygen atoms in total.